The van der Waals surface area contributed by atoms with Crippen LogP contribution in [-0.4, -0.2) is 68.5 Å². The Morgan fingerprint density at radius 2 is 1.00 bits per heavy atom. The van der Waals surface area contributed by atoms with Crippen LogP contribution in [0.15, 0.2) is 72.9 Å². The number of aliphatic hydroxyl groups is 1. The molecule has 8 nitrogen and oxygen atoms in total. The third kappa shape index (κ3) is 45.9. The zero-order valence-electron chi connectivity index (χ0n) is 40.8. The average Bonchev–Trinajstić information content (AvgIpc) is 3.23. The van der Waals surface area contributed by atoms with E-state index in [4.69, 9.17) is 9.05 Å². The van der Waals surface area contributed by atoms with Crippen LogP contribution >= 0.6 is 7.82 Å². The van der Waals surface area contributed by atoms with Gasteiger partial charge in [-0.25, -0.2) is 0 Å². The molecule has 0 spiro atoms. The van der Waals surface area contributed by atoms with Crippen LogP contribution in [0.4, 0.5) is 0 Å². The standard InChI is InChI=1S/C53H97N2O6P/c1-6-8-10-12-14-16-18-20-21-22-23-24-25-26-27-28-29-30-31-32-33-35-37-39-41-43-45-47-53(57)54-51(50-61-62(58,59)60-49-48-55(3,4)5)52(56)46-44-42-40-38-36-34-19-17-15-13-11-9-7-2/h8,10,14,16,20-21,23-24,36,38,44,46,51-52,56H,6-7,9,11-13,15,17-19,22,25-35,37,39-43,45,47-50H2,1-5H3,(H-,54,57,58,59)/b10-8-,16-14-,21-20-,24-23-,38-36+,46-44+. The minimum absolute atomic E-state index is 0.00872. The molecule has 1 amide bonds. The third-order valence-electron chi connectivity index (χ3n) is 10.9. The number of nitrogens with zero attached hydrogens (tertiary/aromatic N) is 1. The van der Waals surface area contributed by atoms with Crippen LogP contribution in [-0.2, 0) is 18.4 Å². The van der Waals surface area contributed by atoms with Crippen molar-refractivity contribution in [3.05, 3.63) is 72.9 Å². The highest BCUT2D eigenvalue weighted by molar-refractivity contribution is 7.45. The highest BCUT2D eigenvalue weighted by Gasteiger charge is 2.23. The maximum absolute atomic E-state index is 12.9. The van der Waals surface area contributed by atoms with Crippen molar-refractivity contribution in [1.29, 1.82) is 0 Å². The van der Waals surface area contributed by atoms with E-state index in [1.807, 2.05) is 27.2 Å². The molecular weight excluding hydrogens is 792 g/mol. The molecule has 0 radical (unpaired) electrons. The first-order chi connectivity index (χ1) is 30.0. The van der Waals surface area contributed by atoms with Crippen LogP contribution in [0.3, 0.4) is 0 Å². The summed E-state index contributed by atoms with van der Waals surface area (Å²) in [6.07, 6.45) is 59.7. The first kappa shape index (κ1) is 59.9. The number of carbonyl (C=O) groups excluding carboxylic acids is 1. The predicted molar refractivity (Wildman–Crippen MR) is 265 cm³/mol. The second-order valence-electron chi connectivity index (χ2n) is 18.1. The molecule has 0 aliphatic carbocycles. The Labute approximate surface area is 383 Å². The van der Waals surface area contributed by atoms with E-state index in [0.717, 1.165) is 64.2 Å². The number of unbranched alkanes of at least 4 members (excludes halogenated alkanes) is 22. The van der Waals surface area contributed by atoms with Crippen molar-refractivity contribution in [2.45, 2.75) is 219 Å². The molecular formula is C53H97N2O6P. The lowest BCUT2D eigenvalue weighted by Gasteiger charge is -2.29. The van der Waals surface area contributed by atoms with Crippen LogP contribution in [0.2, 0.25) is 0 Å². The number of allylic oxidation sites excluding steroid dienone is 11. The molecule has 0 aromatic heterocycles. The fourth-order valence-corrected chi connectivity index (χ4v) is 7.65. The van der Waals surface area contributed by atoms with Gasteiger partial charge in [-0.3, -0.25) is 9.36 Å². The lowest BCUT2D eigenvalue weighted by Crippen LogP contribution is -2.45. The van der Waals surface area contributed by atoms with Gasteiger partial charge < -0.3 is 28.8 Å². The number of nitrogens with one attached hydrogen (secondary N) is 1. The first-order valence-electron chi connectivity index (χ1n) is 25.3. The number of hydrogen-bond donors (Lipinski definition) is 2. The van der Waals surface area contributed by atoms with Gasteiger partial charge in [-0.15, -0.1) is 0 Å². The minimum atomic E-state index is -4.60. The van der Waals surface area contributed by atoms with E-state index in [0.29, 0.717) is 17.4 Å². The van der Waals surface area contributed by atoms with E-state index in [1.165, 1.54) is 122 Å². The molecule has 62 heavy (non-hydrogen) atoms. The topological polar surface area (TPSA) is 108 Å². The number of amides is 1. The van der Waals surface area contributed by atoms with Crippen molar-refractivity contribution in [3.63, 3.8) is 0 Å². The van der Waals surface area contributed by atoms with Gasteiger partial charge in [-0.1, -0.05) is 202 Å². The van der Waals surface area contributed by atoms with Crippen molar-refractivity contribution >= 4 is 13.7 Å². The molecule has 0 saturated carbocycles. The van der Waals surface area contributed by atoms with E-state index < -0.39 is 26.6 Å². The summed E-state index contributed by atoms with van der Waals surface area (Å²) >= 11 is 0. The van der Waals surface area contributed by atoms with Crippen molar-refractivity contribution in [1.82, 2.24) is 5.32 Å². The van der Waals surface area contributed by atoms with E-state index >= 15 is 0 Å². The Balaban J connectivity index is 4.22. The van der Waals surface area contributed by atoms with E-state index in [-0.39, 0.29) is 12.5 Å². The van der Waals surface area contributed by atoms with Crippen molar-refractivity contribution in [2.75, 3.05) is 40.9 Å². The maximum Gasteiger partial charge on any atom is 0.268 e. The molecule has 0 heterocycles. The Bertz CT molecular complexity index is 1240. The number of quaternary nitrogens is 1. The first-order valence-corrected chi connectivity index (χ1v) is 26.8. The number of rotatable bonds is 45. The molecule has 0 aromatic rings. The van der Waals surface area contributed by atoms with Crippen LogP contribution < -0.4 is 10.2 Å². The molecule has 0 aromatic carbocycles. The summed E-state index contributed by atoms with van der Waals surface area (Å²) < 4.78 is 23.2. The van der Waals surface area contributed by atoms with Gasteiger partial charge in [-0.2, -0.15) is 0 Å². The van der Waals surface area contributed by atoms with E-state index in [2.05, 4.69) is 79.9 Å². The SMILES string of the molecule is CC/C=C\C/C=C\C/C=C\C/C=C\CCCCCCCCCCCCCCCCC(=O)NC(COP(=O)([O-])OCC[N+](C)(C)C)C(O)/C=C/CC/C=C/CCCCCCCCC. The Morgan fingerprint density at radius 3 is 1.50 bits per heavy atom. The van der Waals surface area contributed by atoms with Gasteiger partial charge in [0.15, 0.2) is 0 Å². The molecule has 0 rings (SSSR count). The number of aliphatic hydroxyl groups excluding tert-OH is 1. The van der Waals surface area contributed by atoms with Gasteiger partial charge in [0.2, 0.25) is 5.91 Å². The van der Waals surface area contributed by atoms with E-state index in [1.54, 1.807) is 6.08 Å². The van der Waals surface area contributed by atoms with Crippen molar-refractivity contribution in [3.8, 4) is 0 Å². The van der Waals surface area contributed by atoms with Gasteiger partial charge in [0.05, 0.1) is 39.9 Å². The van der Waals surface area contributed by atoms with Crippen molar-refractivity contribution < 1.29 is 32.9 Å². The summed E-state index contributed by atoms with van der Waals surface area (Å²) in [5.41, 5.74) is 0. The average molecular weight is 889 g/mol. The van der Waals surface area contributed by atoms with Crippen molar-refractivity contribution in [2.24, 2.45) is 0 Å². The van der Waals surface area contributed by atoms with Gasteiger partial charge >= 0.3 is 0 Å². The number of phosphoric ester groups is 1. The zero-order chi connectivity index (χ0) is 45.7. The number of carbonyl (C=O) groups is 1. The summed E-state index contributed by atoms with van der Waals surface area (Å²) in [6.45, 7) is 4.50. The molecule has 0 fully saturated rings. The smallest absolute Gasteiger partial charge is 0.268 e. The molecule has 0 bridgehead atoms. The number of likely N-dealkylation sites (N-methyl/N-ethyl adjacent to an activating group) is 1. The van der Waals surface area contributed by atoms with Gasteiger partial charge in [-0.05, 0) is 70.6 Å². The molecule has 2 N–H and O–H groups in total. The monoisotopic (exact) mass is 889 g/mol. The lowest BCUT2D eigenvalue weighted by molar-refractivity contribution is -0.870. The van der Waals surface area contributed by atoms with Crippen LogP contribution in [0.5, 0.6) is 0 Å². The summed E-state index contributed by atoms with van der Waals surface area (Å²) in [4.78, 5) is 25.4. The van der Waals surface area contributed by atoms with Crippen LogP contribution in [0, 0.1) is 0 Å². The molecule has 3 atom stereocenters. The van der Waals surface area contributed by atoms with Gasteiger partial charge in [0.25, 0.3) is 7.82 Å². The summed E-state index contributed by atoms with van der Waals surface area (Å²) in [7, 11) is 1.24. The van der Waals surface area contributed by atoms with Gasteiger partial charge in [0.1, 0.15) is 13.2 Å². The fraction of sp³-hybridized carbons (Fsp3) is 0.755. The summed E-state index contributed by atoms with van der Waals surface area (Å²) in [6, 6.07) is -0.905. The highest BCUT2D eigenvalue weighted by atomic mass is 31.2. The fourth-order valence-electron chi connectivity index (χ4n) is 6.92. The maximum atomic E-state index is 12.9. The predicted octanol–water partition coefficient (Wildman–Crippen LogP) is 14.1. The minimum Gasteiger partial charge on any atom is -0.756 e. The van der Waals surface area contributed by atoms with E-state index in [9.17, 15) is 19.4 Å². The lowest BCUT2D eigenvalue weighted by atomic mass is 10.0. The third-order valence-corrected chi connectivity index (χ3v) is 11.9. The Morgan fingerprint density at radius 1 is 0.581 bits per heavy atom. The molecule has 9 heteroatoms. The van der Waals surface area contributed by atoms with Gasteiger partial charge in [0, 0.05) is 6.42 Å². The zero-order valence-corrected chi connectivity index (χ0v) is 41.7. The molecule has 3 unspecified atom stereocenters. The van der Waals surface area contributed by atoms with Crippen LogP contribution in [0.25, 0.3) is 0 Å². The number of hydrogen-bond acceptors (Lipinski definition) is 6. The Hall–Kier alpha value is -2.06. The summed E-state index contributed by atoms with van der Waals surface area (Å²) in [5, 5.41) is 13.8. The molecule has 360 valence electrons. The quantitative estimate of drug-likeness (QED) is 0.0273. The molecule has 0 aliphatic heterocycles. The molecule has 0 saturated heterocycles. The Kier molecular flexibility index (Phi) is 42.7. The normalized spacial score (nSPS) is 14.8. The second-order valence-corrected chi connectivity index (χ2v) is 19.5. The molecule has 0 aliphatic rings. The van der Waals surface area contributed by atoms with Crippen LogP contribution in [0.1, 0.15) is 206 Å². The largest absolute Gasteiger partial charge is 0.756 e. The summed E-state index contributed by atoms with van der Waals surface area (Å²) in [5.74, 6) is -0.211. The second kappa shape index (κ2) is 44.2. The highest BCUT2D eigenvalue weighted by Crippen LogP contribution is 2.38. The number of phosphoric acid groups is 1.